The standard InChI is InChI=1S/C26H20ClN3O/c1-31-21-14-12-19(13-15-21)22-23-25(27)28-17-29-26(23)30(16-18-8-4-2-5-9-18)24(22)20-10-6-3-7-11-20/h2-15,17H,16H2,1H3. The van der Waals surface area contributed by atoms with Crippen LogP contribution in [0.15, 0.2) is 91.3 Å². The topological polar surface area (TPSA) is 39.9 Å². The van der Waals surface area contributed by atoms with E-state index in [9.17, 15) is 0 Å². The molecular formula is C26H20ClN3O. The van der Waals surface area contributed by atoms with Crippen molar-refractivity contribution in [1.82, 2.24) is 14.5 Å². The molecule has 0 N–H and O–H groups in total. The lowest BCUT2D eigenvalue weighted by atomic mass is 9.99. The van der Waals surface area contributed by atoms with Crippen molar-refractivity contribution in [1.29, 1.82) is 0 Å². The summed E-state index contributed by atoms with van der Waals surface area (Å²) in [5.41, 5.74) is 6.21. The second-order valence-corrected chi connectivity index (χ2v) is 7.61. The van der Waals surface area contributed by atoms with Crippen LogP contribution in [0.4, 0.5) is 0 Å². The van der Waals surface area contributed by atoms with Crippen LogP contribution < -0.4 is 4.74 Å². The van der Waals surface area contributed by atoms with E-state index in [2.05, 4.69) is 63.1 Å². The van der Waals surface area contributed by atoms with Crippen LogP contribution in [0, 0.1) is 0 Å². The van der Waals surface area contributed by atoms with Gasteiger partial charge in [0.25, 0.3) is 0 Å². The molecule has 31 heavy (non-hydrogen) atoms. The fourth-order valence-corrected chi connectivity index (χ4v) is 4.21. The number of fused-ring (bicyclic) bond motifs is 1. The third-order valence-electron chi connectivity index (χ3n) is 5.40. The highest BCUT2D eigenvalue weighted by Crippen LogP contribution is 2.43. The van der Waals surface area contributed by atoms with Gasteiger partial charge in [-0.15, -0.1) is 0 Å². The van der Waals surface area contributed by atoms with Gasteiger partial charge in [0.15, 0.2) is 0 Å². The molecule has 0 bridgehead atoms. The largest absolute Gasteiger partial charge is 0.497 e. The lowest BCUT2D eigenvalue weighted by Crippen LogP contribution is -2.03. The molecule has 5 heteroatoms. The minimum Gasteiger partial charge on any atom is -0.497 e. The van der Waals surface area contributed by atoms with E-state index in [1.807, 2.05) is 36.4 Å². The Morgan fingerprint density at radius 1 is 0.806 bits per heavy atom. The van der Waals surface area contributed by atoms with Gasteiger partial charge in [-0.1, -0.05) is 84.4 Å². The van der Waals surface area contributed by atoms with E-state index < -0.39 is 0 Å². The van der Waals surface area contributed by atoms with Crippen LogP contribution >= 0.6 is 11.6 Å². The van der Waals surface area contributed by atoms with Gasteiger partial charge in [0.05, 0.1) is 18.2 Å². The number of nitrogens with zero attached hydrogens (tertiary/aromatic N) is 3. The number of methoxy groups -OCH3 is 1. The van der Waals surface area contributed by atoms with Gasteiger partial charge in [-0.2, -0.15) is 0 Å². The van der Waals surface area contributed by atoms with Crippen molar-refractivity contribution in [3.05, 3.63) is 102 Å². The Kier molecular flexibility index (Phi) is 5.14. The van der Waals surface area contributed by atoms with Gasteiger partial charge >= 0.3 is 0 Å². The van der Waals surface area contributed by atoms with Crippen molar-refractivity contribution >= 4 is 22.6 Å². The molecule has 0 aliphatic rings. The van der Waals surface area contributed by atoms with Crippen LogP contribution in [0.25, 0.3) is 33.4 Å². The summed E-state index contributed by atoms with van der Waals surface area (Å²) in [6, 6.07) is 28.7. The van der Waals surface area contributed by atoms with Crippen molar-refractivity contribution in [2.45, 2.75) is 6.54 Å². The van der Waals surface area contributed by atoms with Gasteiger partial charge < -0.3 is 9.30 Å². The van der Waals surface area contributed by atoms with Crippen molar-refractivity contribution in [2.75, 3.05) is 7.11 Å². The highest BCUT2D eigenvalue weighted by atomic mass is 35.5. The molecule has 0 saturated heterocycles. The van der Waals surface area contributed by atoms with Gasteiger partial charge in [-0.25, -0.2) is 9.97 Å². The fraction of sp³-hybridized carbons (Fsp3) is 0.0769. The number of rotatable bonds is 5. The Balaban J connectivity index is 1.85. The van der Waals surface area contributed by atoms with Crippen molar-refractivity contribution < 1.29 is 4.74 Å². The van der Waals surface area contributed by atoms with Crippen LogP contribution in [0.5, 0.6) is 5.75 Å². The molecule has 0 aliphatic heterocycles. The summed E-state index contributed by atoms with van der Waals surface area (Å²) in [6.45, 7) is 0.672. The maximum absolute atomic E-state index is 6.66. The molecule has 2 heterocycles. The number of halogens is 1. The zero-order chi connectivity index (χ0) is 21.2. The summed E-state index contributed by atoms with van der Waals surface area (Å²) in [5.74, 6) is 0.806. The molecule has 0 spiro atoms. The summed E-state index contributed by atoms with van der Waals surface area (Å²) in [7, 11) is 1.67. The minimum absolute atomic E-state index is 0.444. The van der Waals surface area contributed by atoms with Gasteiger partial charge in [0.1, 0.15) is 22.9 Å². The number of benzene rings is 3. The zero-order valence-electron chi connectivity index (χ0n) is 17.0. The molecule has 5 aromatic rings. The third kappa shape index (κ3) is 3.56. The van der Waals surface area contributed by atoms with Crippen molar-refractivity contribution in [3.63, 3.8) is 0 Å². The fourth-order valence-electron chi connectivity index (χ4n) is 3.99. The Hall–Kier alpha value is -3.63. The summed E-state index contributed by atoms with van der Waals surface area (Å²) in [5, 5.41) is 1.30. The number of hydrogen-bond acceptors (Lipinski definition) is 3. The molecule has 152 valence electrons. The maximum atomic E-state index is 6.66. The molecule has 0 unspecified atom stereocenters. The summed E-state index contributed by atoms with van der Waals surface area (Å²) in [6.07, 6.45) is 1.53. The molecule has 0 saturated carbocycles. The molecule has 5 rings (SSSR count). The SMILES string of the molecule is COc1ccc(-c2c(-c3ccccc3)n(Cc3ccccc3)c3ncnc(Cl)c23)cc1. The second-order valence-electron chi connectivity index (χ2n) is 7.25. The monoisotopic (exact) mass is 425 g/mol. The average Bonchev–Trinajstić information content (AvgIpc) is 3.15. The Bertz CT molecular complexity index is 1330. The van der Waals surface area contributed by atoms with E-state index in [1.165, 1.54) is 11.9 Å². The first-order valence-electron chi connectivity index (χ1n) is 10.0. The van der Waals surface area contributed by atoms with Gasteiger partial charge in [-0.3, -0.25) is 0 Å². The molecule has 0 amide bonds. The second kappa shape index (κ2) is 8.25. The normalized spacial score (nSPS) is 11.0. The van der Waals surface area contributed by atoms with E-state index in [-0.39, 0.29) is 0 Å². The number of hydrogen-bond donors (Lipinski definition) is 0. The molecule has 0 aliphatic carbocycles. The summed E-state index contributed by atoms with van der Waals surface area (Å²) in [4.78, 5) is 8.95. The van der Waals surface area contributed by atoms with Crippen LogP contribution in [0.1, 0.15) is 5.56 Å². The van der Waals surface area contributed by atoms with Crippen molar-refractivity contribution in [3.8, 4) is 28.1 Å². The van der Waals surface area contributed by atoms with Crippen LogP contribution in [0.3, 0.4) is 0 Å². The predicted octanol–water partition coefficient (Wildman–Crippen LogP) is 6.48. The highest BCUT2D eigenvalue weighted by Gasteiger charge is 2.23. The number of ether oxygens (including phenoxy) is 1. The lowest BCUT2D eigenvalue weighted by Gasteiger charge is -2.13. The van der Waals surface area contributed by atoms with E-state index >= 15 is 0 Å². The summed E-state index contributed by atoms with van der Waals surface area (Å²) >= 11 is 6.66. The smallest absolute Gasteiger partial charge is 0.146 e. The molecule has 0 fully saturated rings. The van der Waals surface area contributed by atoms with Crippen LogP contribution in [-0.4, -0.2) is 21.6 Å². The molecule has 0 atom stereocenters. The summed E-state index contributed by atoms with van der Waals surface area (Å²) < 4.78 is 7.59. The minimum atomic E-state index is 0.444. The quantitative estimate of drug-likeness (QED) is 0.303. The molecule has 0 radical (unpaired) electrons. The first-order chi connectivity index (χ1) is 15.3. The molecular weight excluding hydrogens is 406 g/mol. The molecule has 4 nitrogen and oxygen atoms in total. The average molecular weight is 426 g/mol. The van der Waals surface area contributed by atoms with Crippen LogP contribution in [0.2, 0.25) is 5.15 Å². The van der Waals surface area contributed by atoms with E-state index in [4.69, 9.17) is 16.3 Å². The third-order valence-corrected chi connectivity index (χ3v) is 5.69. The maximum Gasteiger partial charge on any atom is 0.146 e. The van der Waals surface area contributed by atoms with Gasteiger partial charge in [0.2, 0.25) is 0 Å². The van der Waals surface area contributed by atoms with Crippen molar-refractivity contribution in [2.24, 2.45) is 0 Å². The lowest BCUT2D eigenvalue weighted by molar-refractivity contribution is 0.415. The first kappa shape index (κ1) is 19.3. The Morgan fingerprint density at radius 3 is 2.16 bits per heavy atom. The first-order valence-corrected chi connectivity index (χ1v) is 10.4. The molecule has 2 aromatic heterocycles. The Morgan fingerprint density at radius 2 is 1.48 bits per heavy atom. The van der Waals surface area contributed by atoms with E-state index in [0.717, 1.165) is 39.2 Å². The molecule has 3 aromatic carbocycles. The highest BCUT2D eigenvalue weighted by molar-refractivity contribution is 6.35. The number of aromatic nitrogens is 3. The van der Waals surface area contributed by atoms with E-state index in [1.54, 1.807) is 7.11 Å². The Labute approximate surface area is 185 Å². The predicted molar refractivity (Wildman–Crippen MR) is 126 cm³/mol. The van der Waals surface area contributed by atoms with Crippen LogP contribution in [-0.2, 0) is 6.54 Å². The van der Waals surface area contributed by atoms with Gasteiger partial charge in [0, 0.05) is 12.1 Å². The van der Waals surface area contributed by atoms with Gasteiger partial charge in [-0.05, 0) is 28.8 Å². The zero-order valence-corrected chi connectivity index (χ0v) is 17.8. The van der Waals surface area contributed by atoms with E-state index in [0.29, 0.717) is 11.7 Å².